The van der Waals surface area contributed by atoms with Crippen molar-refractivity contribution in [3.05, 3.63) is 40.5 Å². The number of hydrogen-bond donors (Lipinski definition) is 0. The van der Waals surface area contributed by atoms with Crippen molar-refractivity contribution in [2.75, 3.05) is 0 Å². The SMILES string of the molecule is CC(C)(C)c1cc(CCl)c2cccc(Cl)c2n1. The lowest BCUT2D eigenvalue weighted by molar-refractivity contribution is 0.571. The van der Waals surface area contributed by atoms with Crippen molar-refractivity contribution in [3.8, 4) is 0 Å². The van der Waals surface area contributed by atoms with Crippen LogP contribution < -0.4 is 0 Å². The Morgan fingerprint density at radius 3 is 2.53 bits per heavy atom. The van der Waals surface area contributed by atoms with E-state index < -0.39 is 0 Å². The van der Waals surface area contributed by atoms with Crippen LogP contribution >= 0.6 is 23.2 Å². The van der Waals surface area contributed by atoms with Crippen LogP contribution in [0, 0.1) is 0 Å². The van der Waals surface area contributed by atoms with Gasteiger partial charge in [0, 0.05) is 22.4 Å². The molecule has 0 atom stereocenters. The van der Waals surface area contributed by atoms with E-state index in [1.165, 1.54) is 0 Å². The molecule has 0 aliphatic heterocycles. The normalized spacial score (nSPS) is 12.1. The molecule has 1 heterocycles. The van der Waals surface area contributed by atoms with Crippen molar-refractivity contribution in [1.29, 1.82) is 0 Å². The molecular formula is C14H15Cl2N. The largest absolute Gasteiger partial charge is 0.251 e. The fourth-order valence-corrected chi connectivity index (χ4v) is 2.22. The Balaban J connectivity index is 2.81. The first-order valence-corrected chi connectivity index (χ1v) is 6.49. The van der Waals surface area contributed by atoms with E-state index in [2.05, 4.69) is 31.8 Å². The van der Waals surface area contributed by atoms with Gasteiger partial charge in [0.25, 0.3) is 0 Å². The van der Waals surface area contributed by atoms with Crippen LogP contribution in [0.4, 0.5) is 0 Å². The second-order valence-corrected chi connectivity index (χ2v) is 5.86. The number of halogens is 2. The lowest BCUT2D eigenvalue weighted by Gasteiger charge is -2.19. The van der Waals surface area contributed by atoms with E-state index in [0.29, 0.717) is 10.9 Å². The number of pyridine rings is 1. The third-order valence-electron chi connectivity index (χ3n) is 2.79. The molecule has 1 aromatic heterocycles. The van der Waals surface area contributed by atoms with Gasteiger partial charge in [-0.2, -0.15) is 0 Å². The number of para-hydroxylation sites is 1. The molecule has 1 aromatic carbocycles. The van der Waals surface area contributed by atoms with Crippen LogP contribution in [0.3, 0.4) is 0 Å². The van der Waals surface area contributed by atoms with Crippen molar-refractivity contribution < 1.29 is 0 Å². The predicted octanol–water partition coefficient (Wildman–Crippen LogP) is 4.92. The maximum absolute atomic E-state index is 6.20. The summed E-state index contributed by atoms with van der Waals surface area (Å²) in [6.45, 7) is 6.40. The molecule has 0 unspecified atom stereocenters. The number of fused-ring (bicyclic) bond motifs is 1. The van der Waals surface area contributed by atoms with Crippen LogP contribution in [-0.2, 0) is 11.3 Å². The van der Waals surface area contributed by atoms with Gasteiger partial charge in [-0.3, -0.25) is 4.98 Å². The highest BCUT2D eigenvalue weighted by molar-refractivity contribution is 6.35. The quantitative estimate of drug-likeness (QED) is 0.668. The molecule has 0 N–H and O–H groups in total. The zero-order valence-corrected chi connectivity index (χ0v) is 11.7. The number of rotatable bonds is 1. The topological polar surface area (TPSA) is 12.9 Å². The van der Waals surface area contributed by atoms with Crippen molar-refractivity contribution >= 4 is 34.1 Å². The standard InChI is InChI=1S/C14H15Cl2N/c1-14(2,3)12-7-9(8-15)10-5-4-6-11(16)13(10)17-12/h4-7H,8H2,1-3H3. The summed E-state index contributed by atoms with van der Waals surface area (Å²) >= 11 is 12.2. The van der Waals surface area contributed by atoms with Gasteiger partial charge < -0.3 is 0 Å². The van der Waals surface area contributed by atoms with E-state index in [1.807, 2.05) is 18.2 Å². The van der Waals surface area contributed by atoms with Crippen molar-refractivity contribution in [2.24, 2.45) is 0 Å². The Labute approximate surface area is 112 Å². The summed E-state index contributed by atoms with van der Waals surface area (Å²) in [5, 5.41) is 1.72. The molecule has 3 heteroatoms. The van der Waals surface area contributed by atoms with Gasteiger partial charge in [-0.1, -0.05) is 44.5 Å². The van der Waals surface area contributed by atoms with Gasteiger partial charge >= 0.3 is 0 Å². The molecule has 0 saturated heterocycles. The molecule has 1 nitrogen and oxygen atoms in total. The van der Waals surface area contributed by atoms with E-state index in [4.69, 9.17) is 23.2 Å². The van der Waals surface area contributed by atoms with Gasteiger partial charge in [0.15, 0.2) is 0 Å². The van der Waals surface area contributed by atoms with Crippen molar-refractivity contribution in [3.63, 3.8) is 0 Å². The summed E-state index contributed by atoms with van der Waals surface area (Å²) in [4.78, 5) is 4.66. The first kappa shape index (κ1) is 12.7. The first-order valence-electron chi connectivity index (χ1n) is 5.58. The third-order valence-corrected chi connectivity index (χ3v) is 3.38. The molecule has 2 aromatic rings. The Bertz CT molecular complexity index is 556. The highest BCUT2D eigenvalue weighted by Gasteiger charge is 2.18. The molecule has 0 radical (unpaired) electrons. The highest BCUT2D eigenvalue weighted by atomic mass is 35.5. The van der Waals surface area contributed by atoms with Crippen molar-refractivity contribution in [2.45, 2.75) is 32.1 Å². The van der Waals surface area contributed by atoms with E-state index in [1.54, 1.807) is 0 Å². The maximum atomic E-state index is 6.20. The molecule has 0 bridgehead atoms. The average Bonchev–Trinajstić information content (AvgIpc) is 2.27. The predicted molar refractivity (Wildman–Crippen MR) is 75.0 cm³/mol. The highest BCUT2D eigenvalue weighted by Crippen LogP contribution is 2.30. The second kappa shape index (κ2) is 4.47. The number of hydrogen-bond acceptors (Lipinski definition) is 1. The number of aromatic nitrogens is 1. The Hall–Kier alpha value is -0.790. The molecule has 0 amide bonds. The van der Waals surface area contributed by atoms with E-state index in [0.717, 1.165) is 22.2 Å². The fraction of sp³-hybridized carbons (Fsp3) is 0.357. The minimum absolute atomic E-state index is 0.00578. The monoisotopic (exact) mass is 267 g/mol. The fourth-order valence-electron chi connectivity index (χ4n) is 1.78. The summed E-state index contributed by atoms with van der Waals surface area (Å²) in [7, 11) is 0. The van der Waals surface area contributed by atoms with Crippen LogP contribution in [0.25, 0.3) is 10.9 Å². The van der Waals surface area contributed by atoms with E-state index >= 15 is 0 Å². The molecule has 2 rings (SSSR count). The van der Waals surface area contributed by atoms with Crippen LogP contribution in [-0.4, -0.2) is 4.98 Å². The Kier molecular flexibility index (Phi) is 3.33. The van der Waals surface area contributed by atoms with Crippen LogP contribution in [0.5, 0.6) is 0 Å². The van der Waals surface area contributed by atoms with Crippen molar-refractivity contribution in [1.82, 2.24) is 4.98 Å². The van der Waals surface area contributed by atoms with Gasteiger partial charge in [0.2, 0.25) is 0 Å². The maximum Gasteiger partial charge on any atom is 0.0894 e. The number of alkyl halides is 1. The molecule has 17 heavy (non-hydrogen) atoms. The van der Waals surface area contributed by atoms with E-state index in [-0.39, 0.29) is 5.41 Å². The minimum Gasteiger partial charge on any atom is -0.251 e. The van der Waals surface area contributed by atoms with Gasteiger partial charge in [0.05, 0.1) is 10.5 Å². The molecule has 0 aliphatic carbocycles. The number of benzene rings is 1. The summed E-state index contributed by atoms with van der Waals surface area (Å²) in [6.07, 6.45) is 0. The molecule has 0 saturated carbocycles. The zero-order chi connectivity index (χ0) is 12.6. The Morgan fingerprint density at radius 2 is 1.94 bits per heavy atom. The van der Waals surface area contributed by atoms with Gasteiger partial charge in [-0.25, -0.2) is 0 Å². The smallest absolute Gasteiger partial charge is 0.0894 e. The molecule has 0 spiro atoms. The average molecular weight is 268 g/mol. The van der Waals surface area contributed by atoms with E-state index in [9.17, 15) is 0 Å². The van der Waals surface area contributed by atoms with Gasteiger partial charge in [-0.15, -0.1) is 11.6 Å². The van der Waals surface area contributed by atoms with Crippen LogP contribution in [0.1, 0.15) is 32.0 Å². The zero-order valence-electron chi connectivity index (χ0n) is 10.2. The minimum atomic E-state index is -0.00578. The van der Waals surface area contributed by atoms with Crippen LogP contribution in [0.2, 0.25) is 5.02 Å². The molecular weight excluding hydrogens is 253 g/mol. The second-order valence-electron chi connectivity index (χ2n) is 5.19. The molecule has 0 fully saturated rings. The molecule has 90 valence electrons. The first-order chi connectivity index (χ1) is 7.93. The summed E-state index contributed by atoms with van der Waals surface area (Å²) in [6, 6.07) is 7.88. The summed E-state index contributed by atoms with van der Waals surface area (Å²) < 4.78 is 0. The summed E-state index contributed by atoms with van der Waals surface area (Å²) in [5.74, 6) is 0.475. The van der Waals surface area contributed by atoms with Crippen LogP contribution in [0.15, 0.2) is 24.3 Å². The van der Waals surface area contributed by atoms with Gasteiger partial charge in [-0.05, 0) is 17.7 Å². The van der Waals surface area contributed by atoms with Gasteiger partial charge in [0.1, 0.15) is 0 Å². The third kappa shape index (κ3) is 2.41. The lowest BCUT2D eigenvalue weighted by atomic mass is 9.90. The lowest BCUT2D eigenvalue weighted by Crippen LogP contribution is -2.14. The summed E-state index contributed by atoms with van der Waals surface area (Å²) in [5.41, 5.74) is 2.95. The Morgan fingerprint density at radius 1 is 1.24 bits per heavy atom. The molecule has 0 aliphatic rings. The number of nitrogens with zero attached hydrogens (tertiary/aromatic N) is 1.